The third kappa shape index (κ3) is 5.80. The predicted octanol–water partition coefficient (Wildman–Crippen LogP) is 7.37. The van der Waals surface area contributed by atoms with Crippen LogP contribution in [0.4, 0.5) is 10.1 Å². The van der Waals surface area contributed by atoms with Gasteiger partial charge in [-0.25, -0.2) is 9.37 Å². The molecule has 1 heterocycles. The van der Waals surface area contributed by atoms with Crippen LogP contribution < -0.4 is 11.1 Å². The number of alkyl halides is 1. The summed E-state index contributed by atoms with van der Waals surface area (Å²) >= 11 is 0. The summed E-state index contributed by atoms with van der Waals surface area (Å²) in [4.78, 5) is 17.4. The first-order chi connectivity index (χ1) is 18.4. The number of anilines is 1. The highest BCUT2D eigenvalue weighted by Gasteiger charge is 2.18. The van der Waals surface area contributed by atoms with Gasteiger partial charge in [0.2, 0.25) is 5.89 Å². The van der Waals surface area contributed by atoms with E-state index in [9.17, 15) is 9.18 Å². The number of halogens is 1. The number of carbonyl (C=O) groups is 1. The third-order valence-corrected chi connectivity index (χ3v) is 7.33. The van der Waals surface area contributed by atoms with Gasteiger partial charge in [0.05, 0.1) is 0 Å². The van der Waals surface area contributed by atoms with E-state index in [1.54, 1.807) is 0 Å². The van der Waals surface area contributed by atoms with Crippen molar-refractivity contribution in [1.82, 2.24) is 10.3 Å². The lowest BCUT2D eigenvalue weighted by Crippen LogP contribution is -2.30. The second-order valence-electron chi connectivity index (χ2n) is 10.5. The van der Waals surface area contributed by atoms with Crippen LogP contribution in [0.3, 0.4) is 0 Å². The molecule has 0 radical (unpaired) electrons. The van der Waals surface area contributed by atoms with Crippen LogP contribution in [0.25, 0.3) is 22.6 Å². The van der Waals surface area contributed by atoms with Crippen LogP contribution in [0, 0.1) is 5.92 Å². The van der Waals surface area contributed by atoms with E-state index in [0.717, 1.165) is 47.9 Å². The Bertz CT molecular complexity index is 1450. The summed E-state index contributed by atoms with van der Waals surface area (Å²) in [5.41, 5.74) is 14.0. The molecule has 1 amide bonds. The molecule has 1 aromatic heterocycles. The van der Waals surface area contributed by atoms with Gasteiger partial charge in [0.15, 0.2) is 5.58 Å². The molecule has 1 aliphatic rings. The maximum Gasteiger partial charge on any atom is 0.251 e. The number of aromatic nitrogens is 1. The molecule has 196 valence electrons. The highest BCUT2D eigenvalue weighted by atomic mass is 19.1. The number of allylic oxidation sites excluding steroid dienone is 2. The Kier molecular flexibility index (Phi) is 7.59. The summed E-state index contributed by atoms with van der Waals surface area (Å²) in [6.07, 6.45) is 6.24. The van der Waals surface area contributed by atoms with Crippen LogP contribution in [-0.2, 0) is 13.1 Å². The van der Waals surface area contributed by atoms with Crippen molar-refractivity contribution in [2.75, 3.05) is 12.3 Å². The number of oxazole rings is 1. The van der Waals surface area contributed by atoms with Gasteiger partial charge in [-0.15, -0.1) is 0 Å². The van der Waals surface area contributed by atoms with E-state index >= 15 is 0 Å². The van der Waals surface area contributed by atoms with Gasteiger partial charge in [-0.2, -0.15) is 0 Å². The van der Waals surface area contributed by atoms with Crippen LogP contribution in [-0.4, -0.2) is 17.4 Å². The molecule has 38 heavy (non-hydrogen) atoms. The highest BCUT2D eigenvalue weighted by Crippen LogP contribution is 2.32. The minimum atomic E-state index is -0.422. The maximum atomic E-state index is 12.8. The van der Waals surface area contributed by atoms with Gasteiger partial charge >= 0.3 is 0 Å². The zero-order valence-electron chi connectivity index (χ0n) is 22.0. The number of hydrogen-bond acceptors (Lipinski definition) is 4. The molecular formula is C32H34FN3O2. The number of rotatable bonds is 8. The SMILES string of the molecule is CC(C)c1cc(N)cc2nc(-c3ccc(C(=O)NCC4CC=C(Cc5ccc(CF)cc5)CC4)cc3)oc12. The second-order valence-corrected chi connectivity index (χ2v) is 10.5. The maximum absolute atomic E-state index is 12.8. The average Bonchev–Trinajstić information content (AvgIpc) is 3.36. The topological polar surface area (TPSA) is 81.1 Å². The van der Waals surface area contributed by atoms with Gasteiger partial charge in [-0.05, 0) is 85.0 Å². The molecule has 1 unspecified atom stereocenters. The summed E-state index contributed by atoms with van der Waals surface area (Å²) in [5, 5.41) is 3.10. The van der Waals surface area contributed by atoms with E-state index in [-0.39, 0.29) is 11.8 Å². The summed E-state index contributed by atoms with van der Waals surface area (Å²) in [6, 6.07) is 18.9. The Hall–Kier alpha value is -3.93. The Morgan fingerprint density at radius 3 is 2.50 bits per heavy atom. The van der Waals surface area contributed by atoms with Gasteiger partial charge in [0.1, 0.15) is 12.2 Å². The lowest BCUT2D eigenvalue weighted by atomic mass is 9.87. The lowest BCUT2D eigenvalue weighted by Gasteiger charge is -2.22. The monoisotopic (exact) mass is 511 g/mol. The number of carbonyl (C=O) groups excluding carboxylic acids is 1. The number of nitrogen functional groups attached to an aromatic ring is 1. The van der Waals surface area contributed by atoms with E-state index in [1.807, 2.05) is 60.7 Å². The first-order valence-electron chi connectivity index (χ1n) is 13.3. The first kappa shape index (κ1) is 25.7. The van der Waals surface area contributed by atoms with E-state index < -0.39 is 6.67 Å². The van der Waals surface area contributed by atoms with Crippen LogP contribution >= 0.6 is 0 Å². The van der Waals surface area contributed by atoms with Crippen molar-refractivity contribution < 1.29 is 13.6 Å². The molecule has 3 N–H and O–H groups in total. The second kappa shape index (κ2) is 11.2. The number of nitrogens with two attached hydrogens (primary N) is 1. The zero-order chi connectivity index (χ0) is 26.6. The van der Waals surface area contributed by atoms with Crippen molar-refractivity contribution in [2.45, 2.75) is 52.1 Å². The molecule has 0 bridgehead atoms. The third-order valence-electron chi connectivity index (χ3n) is 7.33. The standard InChI is InChI=1S/C32H34FN3O2/c1-20(2)28-16-27(34)17-29-30(28)38-32(36-29)26-13-11-25(12-14-26)31(37)35-19-24-9-5-22(6-10-24)15-21-3-7-23(18-33)8-4-21/h3-5,7-8,11-14,16-17,20,24H,6,9-10,15,18-19,34H2,1-2H3,(H,35,37). The Morgan fingerprint density at radius 1 is 1.11 bits per heavy atom. The van der Waals surface area contributed by atoms with Gasteiger partial charge in [-0.3, -0.25) is 4.79 Å². The zero-order valence-corrected chi connectivity index (χ0v) is 22.0. The van der Waals surface area contributed by atoms with Crippen molar-refractivity contribution in [2.24, 2.45) is 5.92 Å². The van der Waals surface area contributed by atoms with Crippen molar-refractivity contribution >= 4 is 22.7 Å². The van der Waals surface area contributed by atoms with Crippen molar-refractivity contribution in [3.05, 3.63) is 94.6 Å². The summed E-state index contributed by atoms with van der Waals surface area (Å²) in [6.45, 7) is 4.43. The lowest BCUT2D eigenvalue weighted by molar-refractivity contribution is 0.0946. The Labute approximate surface area is 223 Å². The molecule has 3 aromatic carbocycles. The van der Waals surface area contributed by atoms with Gasteiger partial charge in [-0.1, -0.05) is 49.8 Å². The molecule has 5 nitrogen and oxygen atoms in total. The molecule has 1 atom stereocenters. The predicted molar refractivity (Wildman–Crippen MR) is 151 cm³/mol. The summed E-state index contributed by atoms with van der Waals surface area (Å²) < 4.78 is 18.8. The van der Waals surface area contributed by atoms with Gasteiger partial charge in [0, 0.05) is 28.9 Å². The Balaban J connectivity index is 1.16. The smallest absolute Gasteiger partial charge is 0.251 e. The number of hydrogen-bond donors (Lipinski definition) is 2. The van der Waals surface area contributed by atoms with E-state index in [1.165, 1.54) is 11.1 Å². The molecule has 0 fully saturated rings. The van der Waals surface area contributed by atoms with Gasteiger partial charge < -0.3 is 15.5 Å². The van der Waals surface area contributed by atoms with Crippen molar-refractivity contribution in [3.63, 3.8) is 0 Å². The molecular weight excluding hydrogens is 477 g/mol. The number of benzene rings is 3. The number of nitrogens with zero attached hydrogens (tertiary/aromatic N) is 1. The Morgan fingerprint density at radius 2 is 1.84 bits per heavy atom. The fourth-order valence-corrected chi connectivity index (χ4v) is 5.03. The largest absolute Gasteiger partial charge is 0.436 e. The molecule has 0 spiro atoms. The van der Waals surface area contributed by atoms with Crippen LogP contribution in [0.2, 0.25) is 0 Å². The van der Waals surface area contributed by atoms with Crippen LogP contribution in [0.15, 0.2) is 76.7 Å². The van der Waals surface area contributed by atoms with Crippen LogP contribution in [0.1, 0.15) is 66.1 Å². The number of nitrogens with one attached hydrogen (secondary N) is 1. The molecule has 0 saturated carbocycles. The van der Waals surface area contributed by atoms with E-state index in [4.69, 9.17) is 10.2 Å². The fourth-order valence-electron chi connectivity index (χ4n) is 5.03. The minimum absolute atomic E-state index is 0.0771. The normalized spacial score (nSPS) is 15.6. The first-order valence-corrected chi connectivity index (χ1v) is 13.3. The molecule has 5 rings (SSSR count). The highest BCUT2D eigenvalue weighted by molar-refractivity contribution is 5.94. The molecule has 1 aliphatic carbocycles. The molecule has 0 aliphatic heterocycles. The van der Waals surface area contributed by atoms with Crippen molar-refractivity contribution in [3.8, 4) is 11.5 Å². The van der Waals surface area contributed by atoms with Crippen LogP contribution in [0.5, 0.6) is 0 Å². The van der Waals surface area contributed by atoms with Gasteiger partial charge in [0.25, 0.3) is 5.91 Å². The van der Waals surface area contributed by atoms with Crippen molar-refractivity contribution in [1.29, 1.82) is 0 Å². The number of amides is 1. The number of fused-ring (bicyclic) bond motifs is 1. The average molecular weight is 512 g/mol. The molecule has 0 saturated heterocycles. The fraction of sp³-hybridized carbons (Fsp3) is 0.312. The minimum Gasteiger partial charge on any atom is -0.436 e. The summed E-state index contributed by atoms with van der Waals surface area (Å²) in [7, 11) is 0. The quantitative estimate of drug-likeness (QED) is 0.191. The molecule has 4 aromatic rings. The van der Waals surface area contributed by atoms with E-state index in [0.29, 0.717) is 35.2 Å². The van der Waals surface area contributed by atoms with E-state index in [2.05, 4.69) is 30.2 Å². The molecule has 6 heteroatoms. The summed E-state index contributed by atoms with van der Waals surface area (Å²) in [5.74, 6) is 1.13.